The number of hydrogen-bond donors (Lipinski definition) is 2. The Bertz CT molecular complexity index is 1530. The lowest BCUT2D eigenvalue weighted by Crippen LogP contribution is -2.44. The second-order valence-electron chi connectivity index (χ2n) is 10.2. The molecule has 3 heterocycles. The third kappa shape index (κ3) is 4.43. The van der Waals surface area contributed by atoms with Gasteiger partial charge in [0.05, 0.1) is 11.6 Å². The standard InChI is InChI=1S/C31H31FN3O2P/c1-18(2)22-7-9-28-35-19(3)11-23-14-21(24(15-33)16-34-4)6-8-25(23)31(35)30-26(32)12-20(5-10-29(36)37)13-27(30)38(28)17-22/h5-10,12-19,31H,11H2,1-4H3,(H2-,33,34,36,37)/p+1/b10-5+/t19-,31?/m1/s1. The quantitative estimate of drug-likeness (QED) is 0.272. The number of carboxylic acids is 1. The molecule has 5 nitrogen and oxygen atoms in total. The lowest BCUT2D eigenvalue weighted by Gasteiger charge is -2.44. The minimum Gasteiger partial charge on any atom is -0.478 e. The second-order valence-corrected chi connectivity index (χ2v) is 12.2. The van der Waals surface area contributed by atoms with Gasteiger partial charge in [0.25, 0.3) is 0 Å². The van der Waals surface area contributed by atoms with E-state index < -0.39 is 13.5 Å². The number of aliphatic carboxylic acids is 1. The van der Waals surface area contributed by atoms with E-state index >= 15 is 4.39 Å². The van der Waals surface area contributed by atoms with Crippen LogP contribution in [0.2, 0.25) is 0 Å². The number of nitrogens with zero attached hydrogens (tertiary/aromatic N) is 2. The van der Waals surface area contributed by atoms with Crippen molar-refractivity contribution < 1.29 is 14.3 Å². The van der Waals surface area contributed by atoms with Crippen molar-refractivity contribution in [3.63, 3.8) is 0 Å². The number of rotatable bonds is 5. The Morgan fingerprint density at radius 3 is 2.71 bits per heavy atom. The van der Waals surface area contributed by atoms with E-state index in [0.717, 1.165) is 34.5 Å². The summed E-state index contributed by atoms with van der Waals surface area (Å²) >= 11 is 0. The zero-order valence-electron chi connectivity index (χ0n) is 22.0. The molecule has 0 radical (unpaired) electrons. The van der Waals surface area contributed by atoms with Crippen molar-refractivity contribution in [2.45, 2.75) is 45.2 Å². The molecule has 2 unspecified atom stereocenters. The van der Waals surface area contributed by atoms with Crippen LogP contribution < -0.4 is 10.6 Å². The highest BCUT2D eigenvalue weighted by atomic mass is 31.1. The van der Waals surface area contributed by atoms with Crippen LogP contribution in [0, 0.1) is 5.82 Å². The fraction of sp³-hybridized carbons (Fsp3) is 0.258. The number of carboxylic acid groups (broad SMARTS) is 1. The van der Waals surface area contributed by atoms with Crippen LogP contribution in [0.3, 0.4) is 0 Å². The minimum absolute atomic E-state index is 0.158. The molecule has 0 saturated carbocycles. The Morgan fingerprint density at radius 1 is 1.24 bits per heavy atom. The number of aliphatic imine (C=N–C) groups is 1. The Balaban J connectivity index is 1.76. The number of hydrogen-bond acceptors (Lipinski definition) is 4. The van der Waals surface area contributed by atoms with Crippen molar-refractivity contribution in [2.24, 2.45) is 10.7 Å². The number of carbonyl (C=O) groups is 1. The van der Waals surface area contributed by atoms with Crippen LogP contribution >= 0.6 is 7.53 Å². The van der Waals surface area contributed by atoms with Gasteiger partial charge >= 0.3 is 5.97 Å². The molecule has 0 aliphatic carbocycles. The van der Waals surface area contributed by atoms with Gasteiger partial charge in [0, 0.05) is 43.2 Å². The van der Waals surface area contributed by atoms with Crippen molar-refractivity contribution in [3.05, 3.63) is 99.7 Å². The molecule has 3 atom stereocenters. The molecule has 2 aromatic carbocycles. The molecule has 194 valence electrons. The van der Waals surface area contributed by atoms with Gasteiger partial charge < -0.3 is 15.7 Å². The van der Waals surface area contributed by atoms with E-state index in [-0.39, 0.29) is 17.9 Å². The Morgan fingerprint density at radius 2 is 2.03 bits per heavy atom. The van der Waals surface area contributed by atoms with Gasteiger partial charge in [0.1, 0.15) is 11.6 Å². The molecule has 0 saturated heterocycles. The maximum Gasteiger partial charge on any atom is 0.328 e. The van der Waals surface area contributed by atoms with Gasteiger partial charge in [-0.05, 0) is 71.4 Å². The molecule has 0 spiro atoms. The van der Waals surface area contributed by atoms with Crippen molar-refractivity contribution in [3.8, 4) is 5.30 Å². The number of allylic oxidation sites excluding steroid dienone is 1. The molecule has 2 aliphatic rings. The highest BCUT2D eigenvalue weighted by Crippen LogP contribution is 2.61. The normalized spacial score (nSPS) is 18.9. The number of fused-ring (bicyclic) bond motifs is 8. The molecular weight excluding hydrogens is 496 g/mol. The first kappa shape index (κ1) is 25.9. The van der Waals surface area contributed by atoms with Gasteiger partial charge in [0.15, 0.2) is 12.8 Å². The number of anilines is 1. The van der Waals surface area contributed by atoms with Gasteiger partial charge in [-0.1, -0.05) is 32.0 Å². The Hall–Kier alpha value is -3.76. The van der Waals surface area contributed by atoms with E-state index in [1.807, 2.05) is 12.1 Å². The molecule has 2 aliphatic heterocycles. The van der Waals surface area contributed by atoms with Crippen molar-refractivity contribution >= 4 is 36.8 Å². The lowest BCUT2D eigenvalue weighted by molar-refractivity contribution is -0.131. The number of halogens is 1. The monoisotopic (exact) mass is 528 g/mol. The van der Waals surface area contributed by atoms with Crippen LogP contribution in [0.15, 0.2) is 65.5 Å². The van der Waals surface area contributed by atoms with Gasteiger partial charge in [-0.15, -0.1) is 0 Å². The zero-order valence-corrected chi connectivity index (χ0v) is 22.9. The molecule has 7 heteroatoms. The lowest BCUT2D eigenvalue weighted by atomic mass is 9.83. The first-order valence-corrected chi connectivity index (χ1v) is 14.2. The average Bonchev–Trinajstić information content (AvgIpc) is 2.89. The van der Waals surface area contributed by atoms with E-state index in [1.54, 1.807) is 19.5 Å². The fourth-order valence-corrected chi connectivity index (χ4v) is 8.44. The molecule has 0 amide bonds. The van der Waals surface area contributed by atoms with E-state index in [1.165, 1.54) is 28.7 Å². The zero-order chi connectivity index (χ0) is 27.1. The van der Waals surface area contributed by atoms with Gasteiger partial charge in [-0.2, -0.15) is 0 Å². The summed E-state index contributed by atoms with van der Waals surface area (Å²) in [4.78, 5) is 17.7. The summed E-state index contributed by atoms with van der Waals surface area (Å²) in [6.45, 7) is 6.54. The van der Waals surface area contributed by atoms with Crippen LogP contribution in [-0.2, 0) is 11.2 Å². The largest absolute Gasteiger partial charge is 0.478 e. The second kappa shape index (κ2) is 10.2. The predicted molar refractivity (Wildman–Crippen MR) is 156 cm³/mol. The summed E-state index contributed by atoms with van der Waals surface area (Å²) in [6, 6.07) is 14.0. The summed E-state index contributed by atoms with van der Waals surface area (Å²) < 4.78 is 16.1. The van der Waals surface area contributed by atoms with Crippen LogP contribution in [-0.4, -0.2) is 30.4 Å². The maximum absolute atomic E-state index is 16.1. The third-order valence-electron chi connectivity index (χ3n) is 7.45. The Kier molecular flexibility index (Phi) is 6.93. The number of nitrogens with two attached hydrogens (primary N) is 1. The molecular formula is C31H32FN3O2P+. The van der Waals surface area contributed by atoms with E-state index in [2.05, 4.69) is 60.7 Å². The SMILES string of the molecule is CN=CC(=CN)c1ccc2c(c1)C[C@@H](C)N1c3ccc(C(C)C)c[p+]3-c3cc(/C=C/C(=O)O)cc(F)c3C21. The summed E-state index contributed by atoms with van der Waals surface area (Å²) in [5, 5.41) is 10.1. The van der Waals surface area contributed by atoms with Crippen LogP contribution in [0.1, 0.15) is 66.1 Å². The van der Waals surface area contributed by atoms with Crippen LogP contribution in [0.25, 0.3) is 17.0 Å². The topological polar surface area (TPSA) is 78.9 Å². The van der Waals surface area contributed by atoms with E-state index in [4.69, 9.17) is 10.8 Å². The van der Waals surface area contributed by atoms with E-state index in [9.17, 15) is 4.79 Å². The van der Waals surface area contributed by atoms with E-state index in [0.29, 0.717) is 17.0 Å². The highest BCUT2D eigenvalue weighted by molar-refractivity contribution is 7.60. The molecule has 38 heavy (non-hydrogen) atoms. The van der Waals surface area contributed by atoms with Gasteiger partial charge in [-0.25, -0.2) is 9.18 Å². The van der Waals surface area contributed by atoms with Crippen molar-refractivity contribution in [1.29, 1.82) is 0 Å². The minimum atomic E-state index is -1.06. The average molecular weight is 529 g/mol. The van der Waals surface area contributed by atoms with Crippen molar-refractivity contribution in [1.82, 2.24) is 0 Å². The molecule has 5 rings (SSSR count). The summed E-state index contributed by atoms with van der Waals surface area (Å²) in [5.74, 6) is 1.30. The predicted octanol–water partition coefficient (Wildman–Crippen LogP) is 7.16. The first-order chi connectivity index (χ1) is 18.2. The molecule has 3 N–H and O–H groups in total. The third-order valence-corrected chi connectivity index (χ3v) is 9.77. The molecule has 0 bridgehead atoms. The maximum atomic E-state index is 16.1. The Labute approximate surface area is 223 Å². The molecule has 3 aromatic rings. The molecule has 1 aromatic heterocycles. The van der Waals surface area contributed by atoms with Gasteiger partial charge in [-0.3, -0.25) is 4.99 Å². The fourth-order valence-electron chi connectivity index (χ4n) is 5.67. The highest BCUT2D eigenvalue weighted by Gasteiger charge is 2.46. The summed E-state index contributed by atoms with van der Waals surface area (Å²) in [6.07, 6.45) is 6.67. The van der Waals surface area contributed by atoms with Crippen LogP contribution in [0.5, 0.6) is 0 Å². The smallest absolute Gasteiger partial charge is 0.328 e. The summed E-state index contributed by atoms with van der Waals surface area (Å²) in [7, 11) is 0.772. The van der Waals surface area contributed by atoms with Gasteiger partial charge in [0.2, 0.25) is 5.42 Å². The summed E-state index contributed by atoms with van der Waals surface area (Å²) in [5.41, 5.74) is 13.7. The van der Waals surface area contributed by atoms with Crippen molar-refractivity contribution in [2.75, 3.05) is 11.9 Å². The number of benzene rings is 2. The van der Waals surface area contributed by atoms with Crippen LogP contribution in [0.4, 0.5) is 9.81 Å². The molecule has 0 fully saturated rings. The first-order valence-electron chi connectivity index (χ1n) is 12.8.